The van der Waals surface area contributed by atoms with Gasteiger partial charge in [-0.25, -0.2) is 0 Å². The summed E-state index contributed by atoms with van der Waals surface area (Å²) in [5, 5.41) is 7.81. The van der Waals surface area contributed by atoms with Crippen LogP contribution in [0.4, 0.5) is 0 Å². The van der Waals surface area contributed by atoms with E-state index in [1.807, 2.05) is 4.57 Å². The van der Waals surface area contributed by atoms with Crippen molar-refractivity contribution >= 4 is 11.6 Å². The molecule has 1 atom stereocenters. The Morgan fingerprint density at radius 1 is 1.62 bits per heavy atom. The number of morpholine rings is 1. The van der Waals surface area contributed by atoms with Crippen molar-refractivity contribution in [3.63, 3.8) is 0 Å². The van der Waals surface area contributed by atoms with Crippen LogP contribution in [0.2, 0.25) is 0 Å². The van der Waals surface area contributed by atoms with Crippen molar-refractivity contribution in [3.8, 4) is 0 Å². The summed E-state index contributed by atoms with van der Waals surface area (Å²) in [6, 6.07) is 0. The highest BCUT2D eigenvalue weighted by molar-refractivity contribution is 6.16. The highest BCUT2D eigenvalue weighted by atomic mass is 35.5. The van der Waals surface area contributed by atoms with Crippen LogP contribution in [0, 0.1) is 0 Å². The average molecular weight is 245 g/mol. The van der Waals surface area contributed by atoms with Crippen LogP contribution in [0.1, 0.15) is 12.7 Å². The molecule has 0 radical (unpaired) electrons. The number of likely N-dealkylation sites (N-methyl/N-ethyl adjacent to an activating group) is 1. The Labute approximate surface area is 100 Å². The lowest BCUT2D eigenvalue weighted by molar-refractivity contribution is -0.0346. The highest BCUT2D eigenvalue weighted by Gasteiger charge is 2.20. The Morgan fingerprint density at radius 3 is 3.25 bits per heavy atom. The van der Waals surface area contributed by atoms with Crippen LogP contribution in [0.25, 0.3) is 0 Å². The molecule has 16 heavy (non-hydrogen) atoms. The van der Waals surface area contributed by atoms with Gasteiger partial charge in [-0.1, -0.05) is 6.92 Å². The average Bonchev–Trinajstić information content (AvgIpc) is 2.76. The molecule has 0 amide bonds. The van der Waals surface area contributed by atoms with E-state index in [1.165, 1.54) is 0 Å². The molecule has 90 valence electrons. The maximum Gasteiger partial charge on any atom is 0.147 e. The first-order valence-electron chi connectivity index (χ1n) is 5.60. The van der Waals surface area contributed by atoms with Gasteiger partial charge >= 0.3 is 0 Å². The summed E-state index contributed by atoms with van der Waals surface area (Å²) in [7, 11) is 0. The Balaban J connectivity index is 1.93. The monoisotopic (exact) mass is 244 g/mol. The van der Waals surface area contributed by atoms with Gasteiger partial charge in [-0.3, -0.25) is 4.90 Å². The van der Waals surface area contributed by atoms with Gasteiger partial charge in [0.15, 0.2) is 0 Å². The third-order valence-corrected chi connectivity index (χ3v) is 3.12. The number of hydrogen-bond acceptors (Lipinski definition) is 4. The van der Waals surface area contributed by atoms with E-state index in [2.05, 4.69) is 22.0 Å². The van der Waals surface area contributed by atoms with Gasteiger partial charge in [0, 0.05) is 13.1 Å². The Kier molecular flexibility index (Phi) is 4.15. The van der Waals surface area contributed by atoms with Gasteiger partial charge in [0.25, 0.3) is 0 Å². The number of ether oxygens (including phenoxy) is 1. The number of rotatable bonds is 4. The van der Waals surface area contributed by atoms with Gasteiger partial charge in [-0.2, -0.15) is 0 Å². The predicted octanol–water partition coefficient (Wildman–Crippen LogP) is 0.738. The number of hydrogen-bond donors (Lipinski definition) is 0. The fourth-order valence-corrected chi connectivity index (χ4v) is 2.14. The molecule has 0 aliphatic carbocycles. The molecule has 0 aromatic carbocycles. The van der Waals surface area contributed by atoms with Gasteiger partial charge < -0.3 is 9.30 Å². The molecule has 0 spiro atoms. The third-order valence-electron chi connectivity index (χ3n) is 2.89. The summed E-state index contributed by atoms with van der Waals surface area (Å²) >= 11 is 5.77. The van der Waals surface area contributed by atoms with Crippen LogP contribution in [0.15, 0.2) is 6.33 Å². The van der Waals surface area contributed by atoms with E-state index in [1.54, 1.807) is 6.33 Å². The van der Waals surface area contributed by atoms with Crippen molar-refractivity contribution in [2.45, 2.75) is 25.5 Å². The van der Waals surface area contributed by atoms with E-state index < -0.39 is 0 Å². The first-order valence-corrected chi connectivity index (χ1v) is 6.13. The second-order valence-corrected chi connectivity index (χ2v) is 4.19. The molecule has 1 aromatic rings. The molecule has 1 unspecified atom stereocenters. The summed E-state index contributed by atoms with van der Waals surface area (Å²) in [6.07, 6.45) is 1.93. The van der Waals surface area contributed by atoms with Gasteiger partial charge in [0.05, 0.1) is 25.1 Å². The lowest BCUT2D eigenvalue weighted by atomic mass is 10.2. The van der Waals surface area contributed by atoms with E-state index in [0.717, 1.165) is 38.6 Å². The summed E-state index contributed by atoms with van der Waals surface area (Å²) < 4.78 is 7.69. The summed E-state index contributed by atoms with van der Waals surface area (Å²) in [5.74, 6) is 1.20. The van der Waals surface area contributed by atoms with Gasteiger partial charge in [-0.05, 0) is 6.54 Å². The molecule has 1 saturated heterocycles. The molecular formula is C10H17ClN4O. The van der Waals surface area contributed by atoms with Crippen LogP contribution in [0.5, 0.6) is 0 Å². The van der Waals surface area contributed by atoms with Crippen LogP contribution in [0.3, 0.4) is 0 Å². The number of alkyl halides is 1. The van der Waals surface area contributed by atoms with Crippen LogP contribution < -0.4 is 0 Å². The van der Waals surface area contributed by atoms with E-state index in [9.17, 15) is 0 Å². The topological polar surface area (TPSA) is 43.2 Å². The summed E-state index contributed by atoms with van der Waals surface area (Å²) in [4.78, 5) is 2.39. The third kappa shape index (κ3) is 2.72. The standard InChI is InChI=1S/C10H17ClN4O/c1-2-14-3-4-16-9(6-14)7-15-8-12-13-10(15)5-11/h8-9H,2-7H2,1H3. The Morgan fingerprint density at radius 2 is 2.50 bits per heavy atom. The lowest BCUT2D eigenvalue weighted by Gasteiger charge is -2.32. The smallest absolute Gasteiger partial charge is 0.147 e. The number of halogens is 1. The Hall–Kier alpha value is -0.650. The molecule has 2 heterocycles. The van der Waals surface area contributed by atoms with Crippen molar-refractivity contribution in [3.05, 3.63) is 12.2 Å². The molecule has 1 aromatic heterocycles. The molecule has 1 fully saturated rings. The maximum absolute atomic E-state index is 5.77. The summed E-state index contributed by atoms with van der Waals surface area (Å²) in [6.45, 7) is 6.83. The quantitative estimate of drug-likeness (QED) is 0.733. The van der Waals surface area contributed by atoms with Crippen molar-refractivity contribution in [2.75, 3.05) is 26.2 Å². The zero-order valence-corrected chi connectivity index (χ0v) is 10.2. The fourth-order valence-electron chi connectivity index (χ4n) is 1.93. The normalized spacial score (nSPS) is 22.5. The highest BCUT2D eigenvalue weighted by Crippen LogP contribution is 2.09. The Bertz CT molecular complexity index is 330. The number of aromatic nitrogens is 3. The van der Waals surface area contributed by atoms with Crippen molar-refractivity contribution in [2.24, 2.45) is 0 Å². The minimum absolute atomic E-state index is 0.215. The van der Waals surface area contributed by atoms with Gasteiger partial charge in [-0.15, -0.1) is 21.8 Å². The fraction of sp³-hybridized carbons (Fsp3) is 0.800. The number of nitrogens with zero attached hydrogens (tertiary/aromatic N) is 4. The van der Waals surface area contributed by atoms with Crippen molar-refractivity contribution in [1.29, 1.82) is 0 Å². The van der Waals surface area contributed by atoms with E-state index in [4.69, 9.17) is 16.3 Å². The van der Waals surface area contributed by atoms with Crippen molar-refractivity contribution < 1.29 is 4.74 Å². The molecule has 1 aliphatic rings. The zero-order valence-electron chi connectivity index (χ0n) is 9.47. The molecule has 2 rings (SSSR count). The second kappa shape index (κ2) is 5.61. The van der Waals surface area contributed by atoms with Gasteiger partial charge in [0.2, 0.25) is 0 Å². The SMILES string of the molecule is CCN1CCOC(Cn2cnnc2CCl)C1. The van der Waals surface area contributed by atoms with E-state index >= 15 is 0 Å². The largest absolute Gasteiger partial charge is 0.374 e. The molecule has 5 nitrogen and oxygen atoms in total. The maximum atomic E-state index is 5.77. The zero-order chi connectivity index (χ0) is 11.4. The first-order chi connectivity index (χ1) is 7.83. The first kappa shape index (κ1) is 11.8. The predicted molar refractivity (Wildman–Crippen MR) is 61.4 cm³/mol. The molecular weight excluding hydrogens is 228 g/mol. The van der Waals surface area contributed by atoms with Gasteiger partial charge in [0.1, 0.15) is 12.2 Å². The molecule has 0 bridgehead atoms. The van der Waals surface area contributed by atoms with Crippen LogP contribution in [-0.2, 0) is 17.2 Å². The molecule has 1 aliphatic heterocycles. The summed E-state index contributed by atoms with van der Waals surface area (Å²) in [5.41, 5.74) is 0. The van der Waals surface area contributed by atoms with Crippen LogP contribution in [-0.4, -0.2) is 52.0 Å². The minimum Gasteiger partial charge on any atom is -0.374 e. The molecule has 6 heteroatoms. The lowest BCUT2D eigenvalue weighted by Crippen LogP contribution is -2.44. The molecule has 0 N–H and O–H groups in total. The van der Waals surface area contributed by atoms with Crippen molar-refractivity contribution in [1.82, 2.24) is 19.7 Å². The van der Waals surface area contributed by atoms with E-state index in [0.29, 0.717) is 5.88 Å². The minimum atomic E-state index is 0.215. The second-order valence-electron chi connectivity index (χ2n) is 3.92. The van der Waals surface area contributed by atoms with E-state index in [-0.39, 0.29) is 6.10 Å². The van der Waals surface area contributed by atoms with Crippen LogP contribution >= 0.6 is 11.6 Å². The molecule has 0 saturated carbocycles.